The first-order chi connectivity index (χ1) is 8.98. The van der Waals surface area contributed by atoms with Gasteiger partial charge >= 0.3 is 0 Å². The van der Waals surface area contributed by atoms with Crippen LogP contribution < -0.4 is 0 Å². The van der Waals surface area contributed by atoms with Gasteiger partial charge in [-0.2, -0.15) is 0 Å². The summed E-state index contributed by atoms with van der Waals surface area (Å²) in [5.74, 6) is 0.656. The molecule has 0 N–H and O–H groups in total. The largest absolute Gasteiger partial charge is 0.413 e. The van der Waals surface area contributed by atoms with E-state index in [1.807, 2.05) is 6.08 Å². The van der Waals surface area contributed by atoms with Crippen molar-refractivity contribution in [3.05, 3.63) is 24.8 Å². The van der Waals surface area contributed by atoms with E-state index in [1.54, 1.807) is 0 Å². The summed E-state index contributed by atoms with van der Waals surface area (Å²) >= 11 is 0. The molecule has 0 spiro atoms. The molecule has 1 nitrogen and oxygen atoms in total. The summed E-state index contributed by atoms with van der Waals surface area (Å²) in [4.78, 5) is 0. The second kappa shape index (κ2) is 6.19. The van der Waals surface area contributed by atoms with Crippen molar-refractivity contribution in [1.82, 2.24) is 0 Å². The van der Waals surface area contributed by atoms with E-state index >= 15 is 0 Å². The number of hydrogen-bond acceptors (Lipinski definition) is 1. The molecule has 1 aliphatic carbocycles. The van der Waals surface area contributed by atoms with Gasteiger partial charge in [-0.3, -0.25) is 0 Å². The highest BCUT2D eigenvalue weighted by Crippen LogP contribution is 2.44. The standard InChI is InChI=1S/C18H34OSi/c1-9-12-18(5,6)13-10-11-15-14-16(15)19-20(7,8)17(2,3)4/h9-11,15-16H,1,12-14H2,2-8H3/b11-10+. The van der Waals surface area contributed by atoms with Gasteiger partial charge in [-0.15, -0.1) is 6.58 Å². The third-order valence-corrected chi connectivity index (χ3v) is 9.29. The molecule has 0 radical (unpaired) electrons. The summed E-state index contributed by atoms with van der Waals surface area (Å²) in [7, 11) is -1.58. The lowest BCUT2D eigenvalue weighted by molar-refractivity contribution is 0.264. The SMILES string of the molecule is C=CCC(C)(C)C/C=C/C1CC1O[Si](C)(C)C(C)(C)C. The van der Waals surface area contributed by atoms with E-state index in [4.69, 9.17) is 4.43 Å². The van der Waals surface area contributed by atoms with Crippen LogP contribution in [0, 0.1) is 11.3 Å². The average molecular weight is 295 g/mol. The van der Waals surface area contributed by atoms with E-state index < -0.39 is 8.32 Å². The summed E-state index contributed by atoms with van der Waals surface area (Å²) in [5.41, 5.74) is 0.336. The van der Waals surface area contributed by atoms with E-state index in [0.717, 1.165) is 12.8 Å². The Balaban J connectivity index is 2.39. The molecule has 1 aliphatic rings. The van der Waals surface area contributed by atoms with Crippen molar-refractivity contribution in [3.63, 3.8) is 0 Å². The molecule has 2 atom stereocenters. The van der Waals surface area contributed by atoms with Gasteiger partial charge in [-0.1, -0.05) is 52.8 Å². The molecule has 1 rings (SSSR count). The van der Waals surface area contributed by atoms with Gasteiger partial charge in [0.25, 0.3) is 0 Å². The van der Waals surface area contributed by atoms with Crippen LogP contribution in [0.4, 0.5) is 0 Å². The Kier molecular flexibility index (Phi) is 5.48. The second-order valence-corrected chi connectivity index (χ2v) is 13.4. The zero-order valence-corrected chi connectivity index (χ0v) is 15.6. The van der Waals surface area contributed by atoms with Crippen LogP contribution in [-0.2, 0) is 4.43 Å². The molecule has 0 heterocycles. The lowest BCUT2D eigenvalue weighted by atomic mass is 9.85. The van der Waals surface area contributed by atoms with Crippen molar-refractivity contribution in [3.8, 4) is 0 Å². The van der Waals surface area contributed by atoms with E-state index in [9.17, 15) is 0 Å². The Hall–Kier alpha value is -0.343. The maximum absolute atomic E-state index is 6.43. The molecular formula is C18H34OSi. The lowest BCUT2D eigenvalue weighted by Crippen LogP contribution is -2.41. The molecule has 0 aromatic heterocycles. The normalized spacial score (nSPS) is 24.1. The minimum Gasteiger partial charge on any atom is -0.413 e. The quantitative estimate of drug-likeness (QED) is 0.417. The fourth-order valence-corrected chi connectivity index (χ4v) is 3.50. The smallest absolute Gasteiger partial charge is 0.192 e. The van der Waals surface area contributed by atoms with Gasteiger partial charge in [0.1, 0.15) is 0 Å². The minimum absolute atomic E-state index is 0.315. The zero-order chi connectivity index (χ0) is 15.6. The van der Waals surface area contributed by atoms with Crippen molar-refractivity contribution >= 4 is 8.32 Å². The van der Waals surface area contributed by atoms with Crippen LogP contribution in [0.1, 0.15) is 53.9 Å². The second-order valence-electron chi connectivity index (χ2n) is 8.61. The molecule has 0 aromatic rings. The third-order valence-electron chi connectivity index (χ3n) is 4.78. The van der Waals surface area contributed by atoms with Crippen LogP contribution in [0.3, 0.4) is 0 Å². The Bertz CT molecular complexity index is 360. The molecule has 1 saturated carbocycles. The predicted octanol–water partition coefficient (Wildman–Crippen LogP) is 5.95. The molecule has 0 amide bonds. The van der Waals surface area contributed by atoms with Crippen LogP contribution in [0.25, 0.3) is 0 Å². The highest BCUT2D eigenvalue weighted by molar-refractivity contribution is 6.74. The van der Waals surface area contributed by atoms with E-state index in [2.05, 4.69) is 66.4 Å². The molecule has 2 heteroatoms. The zero-order valence-electron chi connectivity index (χ0n) is 14.6. The Labute approximate surface area is 127 Å². The molecule has 2 unspecified atom stereocenters. The van der Waals surface area contributed by atoms with Crippen LogP contribution in [0.5, 0.6) is 0 Å². The van der Waals surface area contributed by atoms with Crippen molar-refractivity contribution < 1.29 is 4.43 Å². The first-order valence-electron chi connectivity index (χ1n) is 7.94. The Morgan fingerprint density at radius 1 is 1.15 bits per heavy atom. The molecular weight excluding hydrogens is 260 g/mol. The summed E-state index contributed by atoms with van der Waals surface area (Å²) in [6, 6.07) is 0. The van der Waals surface area contributed by atoms with Gasteiger partial charge < -0.3 is 4.43 Å². The first kappa shape index (κ1) is 17.7. The van der Waals surface area contributed by atoms with Crippen molar-refractivity contribution in [2.45, 2.75) is 78.1 Å². The molecule has 0 aliphatic heterocycles. The van der Waals surface area contributed by atoms with Gasteiger partial charge in [0.2, 0.25) is 0 Å². The lowest BCUT2D eigenvalue weighted by Gasteiger charge is -2.36. The first-order valence-corrected chi connectivity index (χ1v) is 10.8. The maximum Gasteiger partial charge on any atom is 0.192 e. The average Bonchev–Trinajstić information content (AvgIpc) is 2.93. The van der Waals surface area contributed by atoms with Crippen molar-refractivity contribution in [2.75, 3.05) is 0 Å². The van der Waals surface area contributed by atoms with Crippen molar-refractivity contribution in [1.29, 1.82) is 0 Å². The number of allylic oxidation sites excluding steroid dienone is 2. The molecule has 0 bridgehead atoms. The maximum atomic E-state index is 6.43. The molecule has 20 heavy (non-hydrogen) atoms. The summed E-state index contributed by atoms with van der Waals surface area (Å²) in [5, 5.41) is 0.315. The highest BCUT2D eigenvalue weighted by Gasteiger charge is 2.45. The van der Waals surface area contributed by atoms with Crippen LogP contribution in [-0.4, -0.2) is 14.4 Å². The Morgan fingerprint density at radius 2 is 1.75 bits per heavy atom. The monoisotopic (exact) mass is 294 g/mol. The van der Waals surface area contributed by atoms with Gasteiger partial charge in [0, 0.05) is 5.92 Å². The van der Waals surface area contributed by atoms with Crippen LogP contribution in [0.2, 0.25) is 18.1 Å². The topological polar surface area (TPSA) is 9.23 Å². The summed E-state index contributed by atoms with van der Waals surface area (Å²) in [6.45, 7) is 20.1. The minimum atomic E-state index is -1.58. The molecule has 1 fully saturated rings. The van der Waals surface area contributed by atoms with Gasteiger partial charge in [0.15, 0.2) is 8.32 Å². The Morgan fingerprint density at radius 3 is 2.25 bits per heavy atom. The molecule has 0 aromatic carbocycles. The van der Waals surface area contributed by atoms with E-state index in [0.29, 0.717) is 22.5 Å². The fraction of sp³-hybridized carbons (Fsp3) is 0.778. The third kappa shape index (κ3) is 5.21. The van der Waals surface area contributed by atoms with E-state index in [1.165, 1.54) is 6.42 Å². The van der Waals surface area contributed by atoms with Gasteiger partial charge in [0.05, 0.1) is 6.10 Å². The predicted molar refractivity (Wildman–Crippen MR) is 92.5 cm³/mol. The van der Waals surface area contributed by atoms with Crippen LogP contribution >= 0.6 is 0 Å². The van der Waals surface area contributed by atoms with Crippen LogP contribution in [0.15, 0.2) is 24.8 Å². The number of hydrogen-bond donors (Lipinski definition) is 0. The molecule has 116 valence electrons. The summed E-state index contributed by atoms with van der Waals surface area (Å²) in [6.07, 6.45) is 10.6. The van der Waals surface area contributed by atoms with Gasteiger partial charge in [-0.05, 0) is 42.8 Å². The summed E-state index contributed by atoms with van der Waals surface area (Å²) < 4.78 is 6.43. The number of rotatable bonds is 7. The van der Waals surface area contributed by atoms with E-state index in [-0.39, 0.29) is 0 Å². The van der Waals surface area contributed by atoms with Gasteiger partial charge in [-0.25, -0.2) is 0 Å². The van der Waals surface area contributed by atoms with Crippen molar-refractivity contribution in [2.24, 2.45) is 11.3 Å². The fourth-order valence-electron chi connectivity index (χ4n) is 2.12. The molecule has 0 saturated heterocycles. The highest BCUT2D eigenvalue weighted by atomic mass is 28.4.